The van der Waals surface area contributed by atoms with Gasteiger partial charge in [-0.2, -0.15) is 0 Å². The summed E-state index contributed by atoms with van der Waals surface area (Å²) in [5.41, 5.74) is 3.71. The van der Waals surface area contributed by atoms with Gasteiger partial charge in [-0.05, 0) is 35.4 Å². The molecule has 0 aromatic heterocycles. The van der Waals surface area contributed by atoms with Crippen LogP contribution in [0.4, 0.5) is 0 Å². The van der Waals surface area contributed by atoms with E-state index in [1.807, 2.05) is 42.6 Å². The van der Waals surface area contributed by atoms with E-state index in [1.54, 1.807) is 0 Å². The summed E-state index contributed by atoms with van der Waals surface area (Å²) in [6.07, 6.45) is 4.43. The highest BCUT2D eigenvalue weighted by molar-refractivity contribution is 5.81. The predicted molar refractivity (Wildman–Crippen MR) is 77.2 cm³/mol. The summed E-state index contributed by atoms with van der Waals surface area (Å²) >= 11 is 0. The Balaban J connectivity index is 1.60. The molecule has 2 heteroatoms. The van der Waals surface area contributed by atoms with E-state index in [9.17, 15) is 0 Å². The van der Waals surface area contributed by atoms with Crippen molar-refractivity contribution in [2.24, 2.45) is 5.16 Å². The molecule has 1 aliphatic rings. The molecule has 2 aromatic rings. The minimum Gasteiger partial charge on any atom is -0.391 e. The van der Waals surface area contributed by atoms with Crippen molar-refractivity contribution in [2.45, 2.75) is 25.4 Å². The Labute approximate surface area is 113 Å². The van der Waals surface area contributed by atoms with E-state index in [0.717, 1.165) is 11.5 Å². The quantitative estimate of drug-likeness (QED) is 0.578. The summed E-state index contributed by atoms with van der Waals surface area (Å²) in [6, 6.07) is 18.5. The molecule has 0 heterocycles. The maximum absolute atomic E-state index is 5.35. The summed E-state index contributed by atoms with van der Waals surface area (Å²) in [6.45, 7) is 0.517. The second kappa shape index (κ2) is 5.70. The van der Waals surface area contributed by atoms with E-state index >= 15 is 0 Å². The summed E-state index contributed by atoms with van der Waals surface area (Å²) in [4.78, 5) is 5.35. The van der Waals surface area contributed by atoms with E-state index in [-0.39, 0.29) is 0 Å². The van der Waals surface area contributed by atoms with Gasteiger partial charge in [0.15, 0.2) is 0 Å². The van der Waals surface area contributed by atoms with Crippen molar-refractivity contribution in [3.63, 3.8) is 0 Å². The zero-order chi connectivity index (χ0) is 12.9. The van der Waals surface area contributed by atoms with Crippen molar-refractivity contribution in [1.29, 1.82) is 0 Å². The van der Waals surface area contributed by atoms with Gasteiger partial charge in [-0.3, -0.25) is 0 Å². The first-order valence-corrected chi connectivity index (χ1v) is 6.71. The highest BCUT2D eigenvalue weighted by Gasteiger charge is 2.25. The Morgan fingerprint density at radius 1 is 1.00 bits per heavy atom. The van der Waals surface area contributed by atoms with Crippen LogP contribution in [-0.2, 0) is 11.4 Å². The Kier molecular flexibility index (Phi) is 3.59. The van der Waals surface area contributed by atoms with Crippen LogP contribution in [0, 0.1) is 0 Å². The largest absolute Gasteiger partial charge is 0.391 e. The second-order valence-corrected chi connectivity index (χ2v) is 4.90. The van der Waals surface area contributed by atoms with Gasteiger partial charge in [0.2, 0.25) is 0 Å². The molecular formula is C17H17NO. The topological polar surface area (TPSA) is 21.6 Å². The fourth-order valence-corrected chi connectivity index (χ4v) is 2.17. The number of oxime groups is 1. The summed E-state index contributed by atoms with van der Waals surface area (Å²) in [5, 5.41) is 4.08. The fraction of sp³-hybridized carbons (Fsp3) is 0.235. The molecular weight excluding hydrogens is 234 g/mol. The van der Waals surface area contributed by atoms with E-state index in [2.05, 4.69) is 23.4 Å². The Morgan fingerprint density at radius 3 is 2.53 bits per heavy atom. The van der Waals surface area contributed by atoms with Crippen molar-refractivity contribution >= 4 is 6.21 Å². The van der Waals surface area contributed by atoms with Crippen LogP contribution < -0.4 is 0 Å². The lowest BCUT2D eigenvalue weighted by Crippen LogP contribution is -1.92. The Morgan fingerprint density at radius 2 is 1.74 bits per heavy atom. The first-order valence-electron chi connectivity index (χ1n) is 6.71. The van der Waals surface area contributed by atoms with Gasteiger partial charge in [-0.1, -0.05) is 59.8 Å². The van der Waals surface area contributed by atoms with Crippen molar-refractivity contribution in [3.8, 4) is 0 Å². The molecule has 0 atom stereocenters. The fourth-order valence-electron chi connectivity index (χ4n) is 2.17. The van der Waals surface area contributed by atoms with Gasteiger partial charge in [-0.25, -0.2) is 0 Å². The van der Waals surface area contributed by atoms with Gasteiger partial charge in [0.1, 0.15) is 6.61 Å². The van der Waals surface area contributed by atoms with E-state index in [4.69, 9.17) is 4.84 Å². The van der Waals surface area contributed by atoms with Gasteiger partial charge >= 0.3 is 0 Å². The molecule has 2 aromatic carbocycles. The third-order valence-electron chi connectivity index (χ3n) is 3.35. The zero-order valence-electron chi connectivity index (χ0n) is 10.8. The molecule has 19 heavy (non-hydrogen) atoms. The molecule has 0 radical (unpaired) electrons. The maximum atomic E-state index is 5.35. The van der Waals surface area contributed by atoms with E-state index < -0.39 is 0 Å². The standard InChI is InChI=1S/C17H17NO/c1-2-6-14(7-3-1)13-19-18-12-16-8-4-5-9-17(16)15-10-11-15/h1-9,12,15H,10-11,13H2. The highest BCUT2D eigenvalue weighted by Crippen LogP contribution is 2.41. The van der Waals surface area contributed by atoms with Gasteiger partial charge in [0, 0.05) is 0 Å². The molecule has 1 saturated carbocycles. The smallest absolute Gasteiger partial charge is 0.142 e. The van der Waals surface area contributed by atoms with Crippen LogP contribution in [0.5, 0.6) is 0 Å². The van der Waals surface area contributed by atoms with Crippen molar-refractivity contribution in [3.05, 3.63) is 71.3 Å². The van der Waals surface area contributed by atoms with Gasteiger partial charge in [0.05, 0.1) is 6.21 Å². The number of hydrogen-bond donors (Lipinski definition) is 0. The van der Waals surface area contributed by atoms with Crippen LogP contribution in [0.15, 0.2) is 59.8 Å². The first kappa shape index (κ1) is 12.0. The van der Waals surface area contributed by atoms with Crippen LogP contribution >= 0.6 is 0 Å². The average molecular weight is 251 g/mol. The minimum absolute atomic E-state index is 0.517. The van der Waals surface area contributed by atoms with Crippen LogP contribution in [0.2, 0.25) is 0 Å². The normalized spacial score (nSPS) is 14.7. The molecule has 0 spiro atoms. The SMILES string of the molecule is C(=NOCc1ccccc1)c1ccccc1C1CC1. The molecule has 0 aliphatic heterocycles. The van der Waals surface area contributed by atoms with Crippen molar-refractivity contribution < 1.29 is 4.84 Å². The monoisotopic (exact) mass is 251 g/mol. The predicted octanol–water partition coefficient (Wildman–Crippen LogP) is 4.11. The van der Waals surface area contributed by atoms with Crippen LogP contribution in [0.25, 0.3) is 0 Å². The van der Waals surface area contributed by atoms with Gasteiger partial charge in [0.25, 0.3) is 0 Å². The molecule has 0 N–H and O–H groups in total. The molecule has 1 fully saturated rings. The minimum atomic E-state index is 0.517. The summed E-state index contributed by atoms with van der Waals surface area (Å²) < 4.78 is 0. The summed E-state index contributed by atoms with van der Waals surface area (Å²) in [5.74, 6) is 0.733. The van der Waals surface area contributed by atoms with Crippen LogP contribution in [0.1, 0.15) is 35.4 Å². The molecule has 0 amide bonds. The Bertz CT molecular complexity index is 558. The maximum Gasteiger partial charge on any atom is 0.142 e. The van der Waals surface area contributed by atoms with Crippen LogP contribution in [0.3, 0.4) is 0 Å². The van der Waals surface area contributed by atoms with Gasteiger partial charge < -0.3 is 4.84 Å². The number of hydrogen-bond acceptors (Lipinski definition) is 2. The van der Waals surface area contributed by atoms with E-state index in [0.29, 0.717) is 6.61 Å². The highest BCUT2D eigenvalue weighted by atomic mass is 16.6. The third kappa shape index (κ3) is 3.22. The molecule has 0 unspecified atom stereocenters. The number of benzene rings is 2. The Hall–Kier alpha value is -2.09. The van der Waals surface area contributed by atoms with Gasteiger partial charge in [-0.15, -0.1) is 0 Å². The lowest BCUT2D eigenvalue weighted by atomic mass is 10.0. The lowest BCUT2D eigenvalue weighted by molar-refractivity contribution is 0.132. The third-order valence-corrected chi connectivity index (χ3v) is 3.35. The molecule has 0 saturated heterocycles. The average Bonchev–Trinajstić information content (AvgIpc) is 3.30. The number of rotatable bonds is 5. The zero-order valence-corrected chi connectivity index (χ0v) is 10.8. The van der Waals surface area contributed by atoms with Crippen LogP contribution in [-0.4, -0.2) is 6.21 Å². The van der Waals surface area contributed by atoms with E-state index in [1.165, 1.54) is 24.0 Å². The molecule has 1 aliphatic carbocycles. The molecule has 96 valence electrons. The second-order valence-electron chi connectivity index (χ2n) is 4.90. The molecule has 0 bridgehead atoms. The first-order chi connectivity index (χ1) is 9.43. The van der Waals surface area contributed by atoms with Crippen molar-refractivity contribution in [2.75, 3.05) is 0 Å². The number of nitrogens with zero attached hydrogens (tertiary/aromatic N) is 1. The summed E-state index contributed by atoms with van der Waals surface area (Å²) in [7, 11) is 0. The molecule has 3 rings (SSSR count). The molecule has 2 nitrogen and oxygen atoms in total. The van der Waals surface area contributed by atoms with Crippen molar-refractivity contribution in [1.82, 2.24) is 0 Å². The lowest BCUT2D eigenvalue weighted by Gasteiger charge is -2.03.